The van der Waals surface area contributed by atoms with Crippen molar-refractivity contribution in [3.8, 4) is 0 Å². The number of fused-ring (bicyclic) bond motifs is 5. The summed E-state index contributed by atoms with van der Waals surface area (Å²) < 4.78 is 5.78. The number of carbonyl (C=O) groups excluding carboxylic acids is 1. The first-order chi connectivity index (χ1) is 11.6. The van der Waals surface area contributed by atoms with Gasteiger partial charge in [0.25, 0.3) is 0 Å². The topological polar surface area (TPSA) is 52.5 Å². The van der Waals surface area contributed by atoms with E-state index in [1.54, 1.807) is 0 Å². The van der Waals surface area contributed by atoms with Crippen molar-refractivity contribution in [1.82, 2.24) is 14.8 Å². The average molecular weight is 325 g/mol. The fourth-order valence-corrected chi connectivity index (χ4v) is 3.82. The predicted octanol–water partition coefficient (Wildman–Crippen LogP) is 4.04. The molecule has 2 amide bonds. The highest BCUT2D eigenvalue weighted by Gasteiger charge is 2.27. The van der Waals surface area contributed by atoms with E-state index in [0.717, 1.165) is 48.3 Å². The van der Waals surface area contributed by atoms with Crippen LogP contribution in [0.4, 0.5) is 4.79 Å². The number of nitrogens with one attached hydrogen (secondary N) is 1. The van der Waals surface area contributed by atoms with Gasteiger partial charge < -0.3 is 19.2 Å². The van der Waals surface area contributed by atoms with Gasteiger partial charge >= 0.3 is 6.03 Å². The summed E-state index contributed by atoms with van der Waals surface area (Å²) in [6, 6.07) is 6.33. The first kappa shape index (κ1) is 15.1. The van der Waals surface area contributed by atoms with Crippen molar-refractivity contribution in [2.75, 3.05) is 19.6 Å². The van der Waals surface area contributed by atoms with Gasteiger partial charge in [-0.05, 0) is 39.0 Å². The number of aromatic amines is 1. The second-order valence-corrected chi connectivity index (χ2v) is 6.47. The number of nitrogens with zero attached hydrogens (tertiary/aromatic N) is 2. The van der Waals surface area contributed by atoms with Crippen molar-refractivity contribution in [2.24, 2.45) is 0 Å². The minimum atomic E-state index is 0.135. The molecule has 5 nitrogen and oxygen atoms in total. The lowest BCUT2D eigenvalue weighted by atomic mass is 10.0. The second kappa shape index (κ2) is 5.58. The van der Waals surface area contributed by atoms with E-state index in [1.807, 2.05) is 36.6 Å². The first-order valence-corrected chi connectivity index (χ1v) is 8.68. The summed E-state index contributed by atoms with van der Waals surface area (Å²) >= 11 is 0. The Hall–Kier alpha value is -2.43. The Morgan fingerprint density at radius 1 is 1.33 bits per heavy atom. The third kappa shape index (κ3) is 2.19. The van der Waals surface area contributed by atoms with Crippen LogP contribution in [0.3, 0.4) is 0 Å². The highest BCUT2D eigenvalue weighted by Crippen LogP contribution is 2.35. The van der Waals surface area contributed by atoms with Gasteiger partial charge in [0.05, 0.1) is 0 Å². The SMILES string of the molecule is CCN(CC)C(=O)N1CCc2[nH]c3ccc4oc(C)cc4c3c2C1. The number of aryl methyl sites for hydroxylation is 1. The number of furan rings is 1. The Bertz CT molecular complexity index is 918. The van der Waals surface area contributed by atoms with Crippen LogP contribution < -0.4 is 0 Å². The Labute approximate surface area is 141 Å². The zero-order valence-corrected chi connectivity index (χ0v) is 14.5. The van der Waals surface area contributed by atoms with Gasteiger partial charge in [0.2, 0.25) is 0 Å². The number of H-pyrrole nitrogens is 1. The fraction of sp³-hybridized carbons (Fsp3) is 0.421. The fourth-order valence-electron chi connectivity index (χ4n) is 3.82. The largest absolute Gasteiger partial charge is 0.461 e. The lowest BCUT2D eigenvalue weighted by Crippen LogP contribution is -2.45. The van der Waals surface area contributed by atoms with E-state index in [9.17, 15) is 4.79 Å². The smallest absolute Gasteiger partial charge is 0.320 e. The zero-order chi connectivity index (χ0) is 16.8. The molecule has 0 fully saturated rings. The normalized spacial score (nSPS) is 14.4. The summed E-state index contributed by atoms with van der Waals surface area (Å²) in [5.74, 6) is 0.916. The van der Waals surface area contributed by atoms with E-state index in [4.69, 9.17) is 4.42 Å². The van der Waals surface area contributed by atoms with Crippen molar-refractivity contribution < 1.29 is 9.21 Å². The molecule has 3 heterocycles. The van der Waals surface area contributed by atoms with Crippen molar-refractivity contribution >= 4 is 27.9 Å². The molecule has 126 valence electrons. The number of carbonyl (C=O) groups is 1. The van der Waals surface area contributed by atoms with Crippen LogP contribution in [0.15, 0.2) is 22.6 Å². The maximum atomic E-state index is 12.7. The molecule has 0 aliphatic carbocycles. The Kier molecular flexibility index (Phi) is 3.52. The average Bonchev–Trinajstić information content (AvgIpc) is 3.13. The summed E-state index contributed by atoms with van der Waals surface area (Å²) in [5.41, 5.74) is 4.53. The van der Waals surface area contributed by atoms with Gasteiger partial charge in [-0.1, -0.05) is 0 Å². The molecule has 2 aromatic heterocycles. The highest BCUT2D eigenvalue weighted by molar-refractivity contribution is 6.07. The molecular weight excluding hydrogens is 302 g/mol. The van der Waals surface area contributed by atoms with E-state index >= 15 is 0 Å². The number of hydrogen-bond acceptors (Lipinski definition) is 2. The Balaban J connectivity index is 1.79. The number of aromatic nitrogens is 1. The second-order valence-electron chi connectivity index (χ2n) is 6.47. The molecule has 1 aromatic carbocycles. The zero-order valence-electron chi connectivity index (χ0n) is 14.5. The highest BCUT2D eigenvalue weighted by atomic mass is 16.3. The lowest BCUT2D eigenvalue weighted by molar-refractivity contribution is 0.152. The van der Waals surface area contributed by atoms with Gasteiger partial charge in [-0.25, -0.2) is 4.79 Å². The maximum Gasteiger partial charge on any atom is 0.320 e. The van der Waals surface area contributed by atoms with E-state index in [1.165, 1.54) is 16.6 Å². The van der Waals surface area contributed by atoms with E-state index in [0.29, 0.717) is 6.54 Å². The Morgan fingerprint density at radius 3 is 2.88 bits per heavy atom. The third-order valence-electron chi connectivity index (χ3n) is 5.06. The standard InChI is InChI=1S/C19H23N3O2/c1-4-21(5-2)19(23)22-9-8-15-14(11-22)18-13-10-12(3)24-17(13)7-6-16(18)20-15/h6-7,10,20H,4-5,8-9,11H2,1-3H3. The first-order valence-electron chi connectivity index (χ1n) is 8.68. The number of rotatable bonds is 2. The summed E-state index contributed by atoms with van der Waals surface area (Å²) in [6.07, 6.45) is 0.870. The summed E-state index contributed by atoms with van der Waals surface area (Å²) in [4.78, 5) is 20.1. The minimum Gasteiger partial charge on any atom is -0.461 e. The number of benzene rings is 1. The van der Waals surface area contributed by atoms with Crippen LogP contribution in [-0.4, -0.2) is 40.4 Å². The molecule has 1 N–H and O–H groups in total. The van der Waals surface area contributed by atoms with Crippen LogP contribution in [0.25, 0.3) is 21.9 Å². The van der Waals surface area contributed by atoms with Gasteiger partial charge in [-0.3, -0.25) is 0 Å². The number of urea groups is 1. The molecule has 3 aromatic rings. The molecule has 1 aliphatic heterocycles. The van der Waals surface area contributed by atoms with Crippen LogP contribution in [-0.2, 0) is 13.0 Å². The summed E-state index contributed by atoms with van der Waals surface area (Å²) in [5, 5.41) is 2.34. The Morgan fingerprint density at radius 2 is 2.12 bits per heavy atom. The number of hydrogen-bond donors (Lipinski definition) is 1. The van der Waals surface area contributed by atoms with Gasteiger partial charge in [0.1, 0.15) is 11.3 Å². The number of amides is 2. The molecule has 0 radical (unpaired) electrons. The molecule has 0 atom stereocenters. The van der Waals surface area contributed by atoms with Crippen LogP contribution in [0, 0.1) is 6.92 Å². The molecule has 0 saturated carbocycles. The third-order valence-corrected chi connectivity index (χ3v) is 5.06. The van der Waals surface area contributed by atoms with Crippen molar-refractivity contribution in [2.45, 2.75) is 33.7 Å². The van der Waals surface area contributed by atoms with Crippen LogP contribution >= 0.6 is 0 Å². The molecule has 5 heteroatoms. The molecule has 24 heavy (non-hydrogen) atoms. The van der Waals surface area contributed by atoms with Gasteiger partial charge in [0.15, 0.2) is 0 Å². The van der Waals surface area contributed by atoms with Gasteiger partial charge in [-0.15, -0.1) is 0 Å². The lowest BCUT2D eigenvalue weighted by Gasteiger charge is -2.32. The summed E-state index contributed by atoms with van der Waals surface area (Å²) in [7, 11) is 0. The summed E-state index contributed by atoms with van der Waals surface area (Å²) in [6.45, 7) is 8.95. The van der Waals surface area contributed by atoms with Crippen LogP contribution in [0.2, 0.25) is 0 Å². The quantitative estimate of drug-likeness (QED) is 0.773. The molecule has 1 aliphatic rings. The van der Waals surface area contributed by atoms with Crippen molar-refractivity contribution in [3.63, 3.8) is 0 Å². The molecule has 4 rings (SSSR count). The minimum absolute atomic E-state index is 0.135. The predicted molar refractivity (Wildman–Crippen MR) is 95.2 cm³/mol. The van der Waals surface area contributed by atoms with Gasteiger partial charge in [-0.2, -0.15) is 0 Å². The molecular formula is C19H23N3O2. The molecule has 0 bridgehead atoms. The van der Waals surface area contributed by atoms with Gasteiger partial charge in [0, 0.05) is 60.1 Å². The molecule has 0 saturated heterocycles. The monoisotopic (exact) mass is 325 g/mol. The van der Waals surface area contributed by atoms with E-state index in [-0.39, 0.29) is 6.03 Å². The van der Waals surface area contributed by atoms with Crippen molar-refractivity contribution in [3.05, 3.63) is 35.2 Å². The van der Waals surface area contributed by atoms with Crippen molar-refractivity contribution in [1.29, 1.82) is 0 Å². The van der Waals surface area contributed by atoms with Crippen LogP contribution in [0.5, 0.6) is 0 Å². The van der Waals surface area contributed by atoms with Crippen LogP contribution in [0.1, 0.15) is 30.9 Å². The van der Waals surface area contributed by atoms with E-state index < -0.39 is 0 Å². The molecule has 0 unspecified atom stereocenters. The maximum absolute atomic E-state index is 12.7. The van der Waals surface area contributed by atoms with E-state index in [2.05, 4.69) is 17.1 Å². The molecule has 0 spiro atoms.